The molecule has 0 saturated heterocycles. The monoisotopic (exact) mass is 262 g/mol. The van der Waals surface area contributed by atoms with Crippen LogP contribution in [0.25, 0.3) is 0 Å². The molecule has 96 valence electrons. The maximum atomic E-state index is 5.61. The van der Waals surface area contributed by atoms with E-state index in [4.69, 9.17) is 5.73 Å². The van der Waals surface area contributed by atoms with E-state index >= 15 is 0 Å². The molecule has 0 aliphatic carbocycles. The van der Waals surface area contributed by atoms with Crippen LogP contribution in [0.15, 0.2) is 24.3 Å². The van der Waals surface area contributed by atoms with Crippen molar-refractivity contribution < 1.29 is 0 Å². The highest BCUT2D eigenvalue weighted by atomic mass is 32.1. The van der Waals surface area contributed by atoms with Crippen molar-refractivity contribution in [3.05, 3.63) is 35.7 Å². The highest BCUT2D eigenvalue weighted by Gasteiger charge is 2.13. The number of nitrogens with two attached hydrogens (primary N) is 1. The quantitative estimate of drug-likeness (QED) is 0.900. The van der Waals surface area contributed by atoms with Crippen molar-refractivity contribution in [2.45, 2.75) is 20.3 Å². The Hall–Kier alpha value is -1.46. The highest BCUT2D eigenvalue weighted by Crippen LogP contribution is 2.27. The molecule has 0 saturated carbocycles. The van der Waals surface area contributed by atoms with Crippen LogP contribution >= 0.6 is 11.5 Å². The molecule has 1 heterocycles. The molecule has 0 fully saturated rings. The Bertz CT molecular complexity index is 509. The van der Waals surface area contributed by atoms with Crippen molar-refractivity contribution in [1.29, 1.82) is 0 Å². The van der Waals surface area contributed by atoms with Gasteiger partial charge in [0, 0.05) is 23.8 Å². The first kappa shape index (κ1) is 13.0. The summed E-state index contributed by atoms with van der Waals surface area (Å²) < 4.78 is 4.25. The number of nitrogens with zero attached hydrogens (tertiary/aromatic N) is 3. The van der Waals surface area contributed by atoms with E-state index < -0.39 is 0 Å². The molecule has 18 heavy (non-hydrogen) atoms. The summed E-state index contributed by atoms with van der Waals surface area (Å²) in [5.41, 5.74) is 8.00. The lowest BCUT2D eigenvalue weighted by atomic mass is 10.2. The number of aromatic nitrogens is 2. The molecular formula is C13H18N4S. The summed E-state index contributed by atoms with van der Waals surface area (Å²) in [5, 5.41) is 0.937. The van der Waals surface area contributed by atoms with Crippen LogP contribution in [0.4, 0.5) is 10.8 Å². The maximum absolute atomic E-state index is 5.61. The molecule has 2 aromatic rings. The first-order valence-corrected chi connectivity index (χ1v) is 6.82. The molecule has 2 rings (SSSR count). The van der Waals surface area contributed by atoms with Gasteiger partial charge >= 0.3 is 0 Å². The molecule has 0 bridgehead atoms. The molecule has 0 aliphatic rings. The lowest BCUT2D eigenvalue weighted by molar-refractivity contribution is 0.814. The summed E-state index contributed by atoms with van der Waals surface area (Å²) >= 11 is 1.43. The predicted octanol–water partition coefficient (Wildman–Crippen LogP) is 2.64. The second-order valence-electron chi connectivity index (χ2n) is 4.26. The Morgan fingerprint density at radius 2 is 2.17 bits per heavy atom. The predicted molar refractivity (Wildman–Crippen MR) is 76.5 cm³/mol. The normalized spacial score (nSPS) is 10.6. The van der Waals surface area contributed by atoms with E-state index in [0.717, 1.165) is 29.6 Å². The maximum Gasteiger partial charge on any atom is 0.209 e. The van der Waals surface area contributed by atoms with E-state index in [-0.39, 0.29) is 0 Å². The molecule has 5 heteroatoms. The summed E-state index contributed by atoms with van der Waals surface area (Å²) in [7, 11) is 0. The Balaban J connectivity index is 2.30. The molecule has 0 radical (unpaired) electrons. The Labute approximate surface area is 112 Å². The third kappa shape index (κ3) is 3.05. The van der Waals surface area contributed by atoms with E-state index in [9.17, 15) is 0 Å². The number of hydrogen-bond acceptors (Lipinski definition) is 5. The highest BCUT2D eigenvalue weighted by molar-refractivity contribution is 7.09. The zero-order chi connectivity index (χ0) is 13.0. The van der Waals surface area contributed by atoms with Gasteiger partial charge in [0.15, 0.2) is 0 Å². The van der Waals surface area contributed by atoms with Crippen LogP contribution in [0, 0.1) is 13.8 Å². The van der Waals surface area contributed by atoms with Gasteiger partial charge < -0.3 is 10.6 Å². The van der Waals surface area contributed by atoms with Gasteiger partial charge in [-0.3, -0.25) is 0 Å². The standard InChI is InChI=1S/C13H18N4S/c1-10-5-3-6-12(9-10)17(8-4-7-14)13-15-11(2)16-18-13/h3,5-6,9H,4,7-8,14H2,1-2H3. The summed E-state index contributed by atoms with van der Waals surface area (Å²) in [4.78, 5) is 6.65. The van der Waals surface area contributed by atoms with Crippen molar-refractivity contribution in [2.75, 3.05) is 18.0 Å². The minimum absolute atomic E-state index is 0.681. The Morgan fingerprint density at radius 1 is 1.33 bits per heavy atom. The van der Waals surface area contributed by atoms with Crippen molar-refractivity contribution >= 4 is 22.4 Å². The fraction of sp³-hybridized carbons (Fsp3) is 0.385. The summed E-state index contributed by atoms with van der Waals surface area (Å²) in [6, 6.07) is 8.41. The van der Waals surface area contributed by atoms with Gasteiger partial charge in [0.1, 0.15) is 5.82 Å². The van der Waals surface area contributed by atoms with Gasteiger partial charge in [0.25, 0.3) is 0 Å². The second kappa shape index (κ2) is 5.93. The van der Waals surface area contributed by atoms with E-state index in [1.807, 2.05) is 6.92 Å². The molecule has 0 atom stereocenters. The van der Waals surface area contributed by atoms with Gasteiger partial charge in [-0.2, -0.15) is 4.37 Å². The van der Waals surface area contributed by atoms with Gasteiger partial charge in [-0.05, 0) is 44.5 Å². The molecular weight excluding hydrogens is 244 g/mol. The van der Waals surface area contributed by atoms with Crippen LogP contribution in [0.3, 0.4) is 0 Å². The summed E-state index contributed by atoms with van der Waals surface area (Å²) in [6.07, 6.45) is 0.937. The lowest BCUT2D eigenvalue weighted by Gasteiger charge is -2.21. The summed E-state index contributed by atoms with van der Waals surface area (Å²) in [5.74, 6) is 0.820. The van der Waals surface area contributed by atoms with Gasteiger partial charge in [0.05, 0.1) is 0 Å². The van der Waals surface area contributed by atoms with Crippen molar-refractivity contribution in [2.24, 2.45) is 5.73 Å². The molecule has 0 spiro atoms. The number of rotatable bonds is 5. The number of anilines is 2. The minimum Gasteiger partial charge on any atom is -0.330 e. The number of hydrogen-bond donors (Lipinski definition) is 1. The van der Waals surface area contributed by atoms with Crippen molar-refractivity contribution in [3.63, 3.8) is 0 Å². The van der Waals surface area contributed by atoms with Crippen LogP contribution in [0.1, 0.15) is 17.8 Å². The fourth-order valence-electron chi connectivity index (χ4n) is 1.78. The smallest absolute Gasteiger partial charge is 0.209 e. The molecule has 4 nitrogen and oxygen atoms in total. The SMILES string of the molecule is Cc1cccc(N(CCCN)c2nc(C)ns2)c1. The van der Waals surface area contributed by atoms with Gasteiger partial charge in [-0.1, -0.05) is 12.1 Å². The molecule has 0 aliphatic heterocycles. The van der Waals surface area contributed by atoms with Gasteiger partial charge in [-0.15, -0.1) is 0 Å². The van der Waals surface area contributed by atoms with Crippen LogP contribution in [-0.2, 0) is 0 Å². The third-order valence-corrected chi connectivity index (χ3v) is 3.48. The van der Waals surface area contributed by atoms with E-state index in [2.05, 4.69) is 45.4 Å². The molecule has 1 aromatic heterocycles. The number of aryl methyl sites for hydroxylation is 2. The van der Waals surface area contributed by atoms with E-state index in [0.29, 0.717) is 6.54 Å². The van der Waals surface area contributed by atoms with Crippen LogP contribution in [0.2, 0.25) is 0 Å². The lowest BCUT2D eigenvalue weighted by Crippen LogP contribution is -2.20. The van der Waals surface area contributed by atoms with Gasteiger partial charge in [0.2, 0.25) is 5.13 Å². The average Bonchev–Trinajstić information content (AvgIpc) is 2.76. The molecule has 2 N–H and O–H groups in total. The first-order chi connectivity index (χ1) is 8.70. The van der Waals surface area contributed by atoms with E-state index in [1.165, 1.54) is 17.1 Å². The fourth-order valence-corrected chi connectivity index (χ4v) is 2.50. The zero-order valence-electron chi connectivity index (χ0n) is 10.8. The topological polar surface area (TPSA) is 55.0 Å². The van der Waals surface area contributed by atoms with Crippen molar-refractivity contribution in [1.82, 2.24) is 9.36 Å². The largest absolute Gasteiger partial charge is 0.330 e. The molecule has 0 unspecified atom stereocenters. The number of benzene rings is 1. The summed E-state index contributed by atoms with van der Waals surface area (Å²) in [6.45, 7) is 5.56. The minimum atomic E-state index is 0.681. The van der Waals surface area contributed by atoms with E-state index in [1.54, 1.807) is 0 Å². The zero-order valence-corrected chi connectivity index (χ0v) is 11.6. The van der Waals surface area contributed by atoms with Crippen LogP contribution in [-0.4, -0.2) is 22.4 Å². The van der Waals surface area contributed by atoms with Crippen LogP contribution < -0.4 is 10.6 Å². The first-order valence-electron chi connectivity index (χ1n) is 6.05. The Kier molecular flexibility index (Phi) is 4.28. The van der Waals surface area contributed by atoms with Crippen molar-refractivity contribution in [3.8, 4) is 0 Å². The third-order valence-electron chi connectivity index (χ3n) is 2.65. The van der Waals surface area contributed by atoms with Crippen LogP contribution in [0.5, 0.6) is 0 Å². The molecule has 0 amide bonds. The second-order valence-corrected chi connectivity index (χ2v) is 4.99. The average molecular weight is 262 g/mol. The van der Waals surface area contributed by atoms with Gasteiger partial charge in [-0.25, -0.2) is 4.98 Å². The Morgan fingerprint density at radius 3 is 2.78 bits per heavy atom. The molecule has 1 aromatic carbocycles.